The maximum atomic E-state index is 14.0. The Morgan fingerprint density at radius 3 is 2.10 bits per heavy atom. The normalized spacial score (nSPS) is 16.5. The molecular weight excluding hydrogens is 899 g/mol. The number of amides is 1. The topological polar surface area (TPSA) is 227 Å². The van der Waals surface area contributed by atoms with Crippen molar-refractivity contribution >= 4 is 80.8 Å². The molecule has 0 radical (unpaired) electrons. The minimum atomic E-state index is -1.24. The average molecular weight is 962 g/mol. The maximum absolute atomic E-state index is 14.0. The molecule has 17 heteroatoms. The fourth-order valence-electron chi connectivity index (χ4n) is 8.99. The maximum Gasteiger partial charge on any atom is 0.408 e. The van der Waals surface area contributed by atoms with Crippen LogP contribution in [0.1, 0.15) is 118 Å². The molecule has 3 aliphatic rings. The van der Waals surface area contributed by atoms with E-state index in [4.69, 9.17) is 38.4 Å². The van der Waals surface area contributed by atoms with Crippen LogP contribution in [0.15, 0.2) is 48.1 Å². The summed E-state index contributed by atoms with van der Waals surface area (Å²) in [5, 5.41) is 2.40. The van der Waals surface area contributed by atoms with Gasteiger partial charge in [-0.3, -0.25) is 24.2 Å². The summed E-state index contributed by atoms with van der Waals surface area (Å²) in [5.74, 6) is -3.76. The number of allylic oxidation sites excluding steroid dienone is 6. The van der Waals surface area contributed by atoms with Crippen LogP contribution in [0.3, 0.4) is 0 Å². The Bertz CT molecular complexity index is 2890. The molecule has 2 atom stereocenters. The van der Waals surface area contributed by atoms with Gasteiger partial charge in [-0.05, 0) is 138 Å². The molecule has 0 aromatic carbocycles. The number of methoxy groups -OCH3 is 4. The lowest BCUT2D eigenvalue weighted by Crippen LogP contribution is -2.42. The van der Waals surface area contributed by atoms with Crippen LogP contribution in [0.2, 0.25) is 0 Å². The molecule has 372 valence electrons. The van der Waals surface area contributed by atoms with Gasteiger partial charge in [-0.15, -0.1) is 0 Å². The van der Waals surface area contributed by atoms with E-state index in [0.29, 0.717) is 66.0 Å². The predicted molar refractivity (Wildman–Crippen MR) is 264 cm³/mol. The summed E-state index contributed by atoms with van der Waals surface area (Å²) in [4.78, 5) is 94.2. The number of carbonyl (C=O) groups is 6. The van der Waals surface area contributed by atoms with Gasteiger partial charge >= 0.3 is 35.9 Å². The molecular formula is C53H63N5O12. The van der Waals surface area contributed by atoms with Gasteiger partial charge in [-0.2, -0.15) is 0 Å². The van der Waals surface area contributed by atoms with Crippen molar-refractivity contribution in [3.05, 3.63) is 93.1 Å². The zero-order valence-electron chi connectivity index (χ0n) is 41.9. The minimum absolute atomic E-state index is 0.108. The number of nitrogens with zero attached hydrogens (tertiary/aromatic N) is 2. The first kappa shape index (κ1) is 52.1. The number of ether oxygens (including phenoxy) is 6. The largest absolute Gasteiger partial charge is 0.469 e. The van der Waals surface area contributed by atoms with Crippen LogP contribution >= 0.6 is 0 Å². The number of H-pyrrole nitrogens is 2. The monoisotopic (exact) mass is 961 g/mol. The Morgan fingerprint density at radius 1 is 0.743 bits per heavy atom. The van der Waals surface area contributed by atoms with Crippen LogP contribution in [0.4, 0.5) is 4.79 Å². The van der Waals surface area contributed by atoms with Gasteiger partial charge in [-0.1, -0.05) is 24.3 Å². The van der Waals surface area contributed by atoms with Crippen LogP contribution in [0.5, 0.6) is 0 Å². The standard InChI is InChI=1S/C53H63N5O12/c1-29-32(16-14-12-13-15-23-69-47(61)28-54-51(64)70-52(4,5)6)42-27-44-53(7)36(20-17-35(49(62)67-10)48(53)50(63)68-11)43(58-44)25-39-31(3)34(19-22-46(60)66-9)41(56-39)26-40-33(18-21-45(59)65-8)30(2)38(55-40)24-37(29)57-42/h14,16-17,20,24-27,48,55,57H,12-13,15,18-19,21-23,28H2,1-11H3,(H,54,64)/b16-14+,37-24?,38-24?,39-25?,40-26?,41-26?,42-27?,43-25?,44-27?. The van der Waals surface area contributed by atoms with Crippen molar-refractivity contribution in [2.24, 2.45) is 5.92 Å². The van der Waals surface area contributed by atoms with Gasteiger partial charge in [0.05, 0.1) is 68.8 Å². The van der Waals surface area contributed by atoms with Gasteiger partial charge in [0.15, 0.2) is 0 Å². The molecule has 0 saturated carbocycles. The minimum Gasteiger partial charge on any atom is -0.469 e. The van der Waals surface area contributed by atoms with E-state index in [1.807, 2.05) is 64.1 Å². The summed E-state index contributed by atoms with van der Waals surface area (Å²) in [6, 6.07) is 7.70. The Hall–Kier alpha value is -7.30. The average Bonchev–Trinajstić information content (AvgIpc) is 3.98. The number of aromatic amines is 2. The summed E-state index contributed by atoms with van der Waals surface area (Å²) in [6.45, 7) is 12.8. The number of rotatable bonds is 16. The van der Waals surface area contributed by atoms with E-state index in [9.17, 15) is 28.8 Å². The van der Waals surface area contributed by atoms with E-state index in [1.165, 1.54) is 28.4 Å². The quantitative estimate of drug-likeness (QED) is 0.0696. The van der Waals surface area contributed by atoms with Gasteiger partial charge in [0, 0.05) is 40.5 Å². The summed E-state index contributed by atoms with van der Waals surface area (Å²) in [6.07, 6.45) is 9.58. The van der Waals surface area contributed by atoms with Gasteiger partial charge < -0.3 is 43.7 Å². The third-order valence-corrected chi connectivity index (χ3v) is 12.8. The van der Waals surface area contributed by atoms with E-state index < -0.39 is 40.9 Å². The molecule has 1 aliphatic carbocycles. The Balaban J connectivity index is 1.52. The van der Waals surface area contributed by atoms with E-state index in [1.54, 1.807) is 32.9 Å². The number of hydrogen-bond acceptors (Lipinski definition) is 14. The third-order valence-electron chi connectivity index (χ3n) is 12.8. The first-order chi connectivity index (χ1) is 33.2. The molecule has 3 N–H and O–H groups in total. The number of aromatic nitrogens is 4. The van der Waals surface area contributed by atoms with Gasteiger partial charge in [0.25, 0.3) is 0 Å². The molecule has 5 heterocycles. The first-order valence-corrected chi connectivity index (χ1v) is 23.2. The molecule has 3 aromatic heterocycles. The van der Waals surface area contributed by atoms with Crippen molar-refractivity contribution in [2.75, 3.05) is 41.6 Å². The van der Waals surface area contributed by atoms with Crippen LogP contribution in [-0.2, 0) is 64.2 Å². The molecule has 0 saturated heterocycles. The van der Waals surface area contributed by atoms with Crippen molar-refractivity contribution in [1.29, 1.82) is 0 Å². The highest BCUT2D eigenvalue weighted by Crippen LogP contribution is 2.52. The molecule has 2 aliphatic heterocycles. The SMILES string of the molecule is COC(=O)CCC1=C(C)c2cc3nc(cc4[nH]c(cc5[nH]c(cc1n2)c(CCC(=O)OC)c5C)c(C)c4/C=C/CCCCOC(=O)CNC(=O)OC(C)(C)C)C1(C)C3=CC=C(C(=O)OC)C1C(=O)OC. The van der Waals surface area contributed by atoms with Gasteiger partial charge in [-0.25, -0.2) is 14.6 Å². The van der Waals surface area contributed by atoms with Crippen molar-refractivity contribution < 1.29 is 57.2 Å². The van der Waals surface area contributed by atoms with Gasteiger partial charge in [0.2, 0.25) is 0 Å². The van der Waals surface area contributed by atoms with Crippen LogP contribution in [0, 0.1) is 19.8 Å². The summed E-state index contributed by atoms with van der Waals surface area (Å²) >= 11 is 0. The highest BCUT2D eigenvalue weighted by atomic mass is 16.6. The smallest absolute Gasteiger partial charge is 0.408 e. The second-order valence-electron chi connectivity index (χ2n) is 18.5. The lowest BCUT2D eigenvalue weighted by atomic mass is 9.64. The zero-order valence-corrected chi connectivity index (χ0v) is 41.9. The molecule has 6 rings (SSSR count). The Labute approximate surface area is 407 Å². The summed E-state index contributed by atoms with van der Waals surface area (Å²) < 4.78 is 31.1. The molecule has 17 nitrogen and oxygen atoms in total. The van der Waals surface area contributed by atoms with Crippen LogP contribution in [0.25, 0.3) is 44.9 Å². The number of esters is 5. The van der Waals surface area contributed by atoms with Crippen LogP contribution in [-0.4, -0.2) is 103 Å². The fourth-order valence-corrected chi connectivity index (χ4v) is 8.99. The van der Waals surface area contributed by atoms with E-state index in [2.05, 4.69) is 15.3 Å². The van der Waals surface area contributed by atoms with E-state index >= 15 is 0 Å². The van der Waals surface area contributed by atoms with Crippen LogP contribution < -0.4 is 5.32 Å². The molecule has 0 spiro atoms. The molecule has 3 aromatic rings. The van der Waals surface area contributed by atoms with Crippen molar-refractivity contribution in [2.45, 2.75) is 104 Å². The highest BCUT2D eigenvalue weighted by molar-refractivity contribution is 6.02. The number of alkyl carbamates (subject to hydrolysis) is 1. The van der Waals surface area contributed by atoms with E-state index in [0.717, 1.165) is 50.0 Å². The third kappa shape index (κ3) is 11.4. The number of carbonyl (C=O) groups excluding carboxylic acids is 6. The van der Waals surface area contributed by atoms with E-state index in [-0.39, 0.29) is 43.5 Å². The fraction of sp³-hybridized carbons (Fsp3) is 0.434. The molecule has 8 bridgehead atoms. The van der Waals surface area contributed by atoms with Crippen molar-refractivity contribution in [3.8, 4) is 0 Å². The number of nitrogens with one attached hydrogen (secondary N) is 3. The molecule has 70 heavy (non-hydrogen) atoms. The number of aryl methyl sites for hydroxylation is 3. The lowest BCUT2D eigenvalue weighted by Gasteiger charge is -2.36. The highest BCUT2D eigenvalue weighted by Gasteiger charge is 2.53. The first-order valence-electron chi connectivity index (χ1n) is 23.2. The van der Waals surface area contributed by atoms with Crippen molar-refractivity contribution in [3.63, 3.8) is 0 Å². The number of unbranched alkanes of at least 4 members (excludes halogenated alkanes) is 2. The summed E-state index contributed by atoms with van der Waals surface area (Å²) in [5.41, 5.74) is 9.14. The Kier molecular flexibility index (Phi) is 16.4. The lowest BCUT2D eigenvalue weighted by molar-refractivity contribution is -0.149. The molecule has 0 fully saturated rings. The summed E-state index contributed by atoms with van der Waals surface area (Å²) in [7, 11) is 5.25. The second-order valence-corrected chi connectivity index (χ2v) is 18.5. The van der Waals surface area contributed by atoms with Crippen molar-refractivity contribution in [1.82, 2.24) is 25.3 Å². The molecule has 2 unspecified atom stereocenters. The molecule has 1 amide bonds. The second kappa shape index (κ2) is 22.0. The number of fused-ring (bicyclic) bond motifs is 11. The zero-order chi connectivity index (χ0) is 51.1. The number of hydrogen-bond donors (Lipinski definition) is 3. The van der Waals surface area contributed by atoms with Gasteiger partial charge in [0.1, 0.15) is 18.1 Å². The Morgan fingerprint density at radius 2 is 1.43 bits per heavy atom. The predicted octanol–water partition coefficient (Wildman–Crippen LogP) is 8.42.